The summed E-state index contributed by atoms with van der Waals surface area (Å²) in [6.07, 6.45) is 1.80. The first kappa shape index (κ1) is 15.7. The Morgan fingerprint density at radius 3 is 2.21 bits per heavy atom. The van der Waals surface area contributed by atoms with Crippen molar-refractivity contribution in [3.63, 3.8) is 0 Å². The van der Waals surface area contributed by atoms with Gasteiger partial charge in [0.15, 0.2) is 0 Å². The summed E-state index contributed by atoms with van der Waals surface area (Å²) in [5.41, 5.74) is 0.451. The van der Waals surface area contributed by atoms with Crippen LogP contribution in [0, 0.1) is 17.2 Å². The molecule has 0 spiro atoms. The lowest BCUT2D eigenvalue weighted by Gasteiger charge is -2.15. The Morgan fingerprint density at radius 2 is 1.74 bits per heavy atom. The number of hydrogen-bond acceptors (Lipinski definition) is 3. The molecule has 4 nitrogen and oxygen atoms in total. The van der Waals surface area contributed by atoms with Crippen LogP contribution in [0.3, 0.4) is 0 Å². The Labute approximate surface area is 115 Å². The summed E-state index contributed by atoms with van der Waals surface area (Å²) in [6.45, 7) is 6.09. The molecule has 0 heterocycles. The number of rotatable bonds is 6. The Hall–Kier alpha value is -1.38. The molecular weight excluding hydrogens is 260 g/mol. The molecule has 104 valence electrons. The Bertz CT molecular complexity index is 542. The molecule has 0 bridgehead atoms. The van der Waals surface area contributed by atoms with Gasteiger partial charge in [0.2, 0.25) is 10.0 Å². The van der Waals surface area contributed by atoms with Gasteiger partial charge in [0, 0.05) is 6.04 Å². The third-order valence-corrected chi connectivity index (χ3v) is 4.43. The smallest absolute Gasteiger partial charge is 0.208 e. The first-order valence-corrected chi connectivity index (χ1v) is 7.86. The first-order valence-electron chi connectivity index (χ1n) is 6.37. The molecule has 0 aliphatic heterocycles. The number of nitrogens with one attached hydrogen (secondary N) is 1. The molecule has 1 atom stereocenters. The van der Waals surface area contributed by atoms with Crippen molar-refractivity contribution in [1.82, 2.24) is 4.72 Å². The average Bonchev–Trinajstić information content (AvgIpc) is 2.36. The van der Waals surface area contributed by atoms with E-state index in [1.165, 1.54) is 24.3 Å². The van der Waals surface area contributed by atoms with Gasteiger partial charge in [0.25, 0.3) is 0 Å². The Kier molecular flexibility index (Phi) is 5.52. The van der Waals surface area contributed by atoms with Crippen molar-refractivity contribution in [3.8, 4) is 6.07 Å². The monoisotopic (exact) mass is 280 g/mol. The summed E-state index contributed by atoms with van der Waals surface area (Å²) in [7, 11) is -3.49. The van der Waals surface area contributed by atoms with Crippen molar-refractivity contribution in [2.45, 2.75) is 44.6 Å². The fourth-order valence-corrected chi connectivity index (χ4v) is 2.96. The minimum absolute atomic E-state index is 0.0944. The minimum Gasteiger partial charge on any atom is -0.208 e. The maximum atomic E-state index is 12.1. The van der Waals surface area contributed by atoms with Crippen molar-refractivity contribution in [1.29, 1.82) is 5.26 Å². The lowest BCUT2D eigenvalue weighted by molar-refractivity contribution is 0.485. The fourth-order valence-electron chi connectivity index (χ4n) is 1.68. The van der Waals surface area contributed by atoms with Gasteiger partial charge in [-0.1, -0.05) is 13.8 Å². The highest BCUT2D eigenvalue weighted by Crippen LogP contribution is 2.13. The van der Waals surface area contributed by atoms with E-state index in [2.05, 4.69) is 18.6 Å². The van der Waals surface area contributed by atoms with Gasteiger partial charge in [0.05, 0.1) is 16.5 Å². The Morgan fingerprint density at radius 1 is 1.16 bits per heavy atom. The van der Waals surface area contributed by atoms with Gasteiger partial charge in [-0.25, -0.2) is 13.1 Å². The maximum Gasteiger partial charge on any atom is 0.240 e. The van der Waals surface area contributed by atoms with Crippen LogP contribution >= 0.6 is 0 Å². The molecule has 0 saturated carbocycles. The molecule has 0 amide bonds. The van der Waals surface area contributed by atoms with E-state index in [0.29, 0.717) is 11.5 Å². The second-order valence-electron chi connectivity index (χ2n) is 5.13. The molecule has 1 aromatic rings. The molecule has 0 saturated heterocycles. The second kappa shape index (κ2) is 6.69. The molecule has 1 unspecified atom stereocenters. The van der Waals surface area contributed by atoms with Crippen LogP contribution in [0.15, 0.2) is 29.2 Å². The average molecular weight is 280 g/mol. The molecule has 0 aliphatic rings. The van der Waals surface area contributed by atoms with Crippen molar-refractivity contribution in [2.75, 3.05) is 0 Å². The van der Waals surface area contributed by atoms with Crippen LogP contribution in [-0.2, 0) is 10.0 Å². The molecule has 0 aliphatic carbocycles. The summed E-state index contributed by atoms with van der Waals surface area (Å²) in [5.74, 6) is 0.557. The summed E-state index contributed by atoms with van der Waals surface area (Å²) in [5, 5.41) is 8.68. The van der Waals surface area contributed by atoms with Crippen LogP contribution in [0.2, 0.25) is 0 Å². The number of hydrogen-bond donors (Lipinski definition) is 1. The third kappa shape index (κ3) is 5.01. The van der Waals surface area contributed by atoms with Gasteiger partial charge in [-0.2, -0.15) is 5.26 Å². The van der Waals surface area contributed by atoms with Gasteiger partial charge in [0.1, 0.15) is 0 Å². The molecule has 0 fully saturated rings. The highest BCUT2D eigenvalue weighted by Gasteiger charge is 2.17. The van der Waals surface area contributed by atoms with E-state index in [1.807, 2.05) is 13.0 Å². The number of nitriles is 1. The first-order chi connectivity index (χ1) is 8.85. The van der Waals surface area contributed by atoms with E-state index >= 15 is 0 Å². The summed E-state index contributed by atoms with van der Waals surface area (Å²) in [4.78, 5) is 0.197. The van der Waals surface area contributed by atoms with Crippen LogP contribution in [0.5, 0.6) is 0 Å². The van der Waals surface area contributed by atoms with Gasteiger partial charge in [-0.05, 0) is 49.9 Å². The van der Waals surface area contributed by atoms with E-state index in [4.69, 9.17) is 5.26 Å². The molecule has 0 aromatic heterocycles. The SMILES string of the molecule is CC(C)CCC(C)NS(=O)(=O)c1ccc(C#N)cc1. The Balaban J connectivity index is 2.72. The molecular formula is C14H20N2O2S. The van der Waals surface area contributed by atoms with Crippen LogP contribution in [0.1, 0.15) is 39.2 Å². The van der Waals surface area contributed by atoms with Crippen molar-refractivity contribution >= 4 is 10.0 Å². The van der Waals surface area contributed by atoms with Crippen LogP contribution in [-0.4, -0.2) is 14.5 Å². The molecule has 1 rings (SSSR count). The van der Waals surface area contributed by atoms with Crippen molar-refractivity contribution in [3.05, 3.63) is 29.8 Å². The quantitative estimate of drug-likeness (QED) is 0.871. The third-order valence-electron chi connectivity index (χ3n) is 2.83. The van der Waals surface area contributed by atoms with E-state index in [1.54, 1.807) is 0 Å². The van der Waals surface area contributed by atoms with Crippen molar-refractivity contribution in [2.24, 2.45) is 5.92 Å². The van der Waals surface area contributed by atoms with Crippen molar-refractivity contribution < 1.29 is 8.42 Å². The van der Waals surface area contributed by atoms with E-state index in [0.717, 1.165) is 12.8 Å². The van der Waals surface area contributed by atoms with Gasteiger partial charge in [-0.15, -0.1) is 0 Å². The zero-order valence-corrected chi connectivity index (χ0v) is 12.4. The zero-order chi connectivity index (χ0) is 14.5. The van der Waals surface area contributed by atoms with E-state index in [9.17, 15) is 8.42 Å². The van der Waals surface area contributed by atoms with Crippen LogP contribution in [0.4, 0.5) is 0 Å². The zero-order valence-electron chi connectivity index (χ0n) is 11.6. The predicted molar refractivity (Wildman–Crippen MR) is 75.0 cm³/mol. The summed E-state index contributed by atoms with van der Waals surface area (Å²) in [6, 6.07) is 7.79. The minimum atomic E-state index is -3.49. The number of benzene rings is 1. The number of sulfonamides is 1. The molecule has 5 heteroatoms. The predicted octanol–water partition coefficient (Wildman–Crippen LogP) is 2.66. The lowest BCUT2D eigenvalue weighted by Crippen LogP contribution is -2.32. The summed E-state index contributed by atoms with van der Waals surface area (Å²) < 4.78 is 26.8. The second-order valence-corrected chi connectivity index (χ2v) is 6.84. The standard InChI is InChI=1S/C14H20N2O2S/c1-11(2)4-5-12(3)16-19(17,18)14-8-6-13(10-15)7-9-14/h6-9,11-12,16H,4-5H2,1-3H3. The van der Waals surface area contributed by atoms with Gasteiger partial charge < -0.3 is 0 Å². The van der Waals surface area contributed by atoms with Gasteiger partial charge >= 0.3 is 0 Å². The molecule has 1 N–H and O–H groups in total. The van der Waals surface area contributed by atoms with E-state index < -0.39 is 10.0 Å². The molecule has 1 aromatic carbocycles. The lowest BCUT2D eigenvalue weighted by atomic mass is 10.1. The topological polar surface area (TPSA) is 70.0 Å². The highest BCUT2D eigenvalue weighted by atomic mass is 32.2. The largest absolute Gasteiger partial charge is 0.240 e. The molecule has 19 heavy (non-hydrogen) atoms. The normalized spacial score (nSPS) is 13.2. The van der Waals surface area contributed by atoms with Crippen LogP contribution < -0.4 is 4.72 Å². The van der Waals surface area contributed by atoms with E-state index in [-0.39, 0.29) is 10.9 Å². The van der Waals surface area contributed by atoms with Crippen LogP contribution in [0.25, 0.3) is 0 Å². The summed E-state index contributed by atoms with van der Waals surface area (Å²) >= 11 is 0. The highest BCUT2D eigenvalue weighted by molar-refractivity contribution is 7.89. The maximum absolute atomic E-state index is 12.1. The molecule has 0 radical (unpaired) electrons. The number of nitrogens with zero attached hydrogens (tertiary/aromatic N) is 1. The van der Waals surface area contributed by atoms with Gasteiger partial charge in [-0.3, -0.25) is 0 Å². The fraction of sp³-hybridized carbons (Fsp3) is 0.500.